The van der Waals surface area contributed by atoms with Gasteiger partial charge in [-0.2, -0.15) is 0 Å². The van der Waals surface area contributed by atoms with Crippen LogP contribution in [0.5, 0.6) is 5.75 Å². The maximum absolute atomic E-state index is 5.38. The van der Waals surface area contributed by atoms with E-state index in [0.29, 0.717) is 6.04 Å². The third-order valence-electron chi connectivity index (χ3n) is 3.17. The van der Waals surface area contributed by atoms with Gasteiger partial charge in [0, 0.05) is 23.7 Å². The van der Waals surface area contributed by atoms with Gasteiger partial charge in [0.15, 0.2) is 0 Å². The number of halogens is 1. The summed E-state index contributed by atoms with van der Waals surface area (Å²) in [6, 6.07) is 6.57. The van der Waals surface area contributed by atoms with Gasteiger partial charge in [0.05, 0.1) is 7.11 Å². The van der Waals surface area contributed by atoms with Crippen LogP contribution in [0.3, 0.4) is 0 Å². The summed E-state index contributed by atoms with van der Waals surface area (Å²) >= 11 is 3.60. The minimum absolute atomic E-state index is 0.462. The molecule has 4 heteroatoms. The number of likely N-dealkylation sites (N-methyl/N-ethyl adjacent to an activating group) is 1. The summed E-state index contributed by atoms with van der Waals surface area (Å²) in [6.45, 7) is 3.67. The summed E-state index contributed by atoms with van der Waals surface area (Å²) < 4.78 is 11.8. The standard InChI is InChI=1S/C15H24BrNO2/c1-4-19-9-5-6-13(17-2)10-12-11-14(18-3)7-8-15(12)16/h7-8,11,13,17H,4-6,9-10H2,1-3H3. The topological polar surface area (TPSA) is 30.5 Å². The summed E-state index contributed by atoms with van der Waals surface area (Å²) in [5, 5.41) is 3.37. The van der Waals surface area contributed by atoms with E-state index in [1.165, 1.54) is 5.56 Å². The van der Waals surface area contributed by atoms with Crippen LogP contribution < -0.4 is 10.1 Å². The van der Waals surface area contributed by atoms with E-state index in [0.717, 1.165) is 42.7 Å². The lowest BCUT2D eigenvalue weighted by molar-refractivity contribution is 0.141. The second kappa shape index (κ2) is 9.34. The van der Waals surface area contributed by atoms with E-state index in [1.54, 1.807) is 7.11 Å². The molecule has 1 aromatic carbocycles. The first kappa shape index (κ1) is 16.5. The third kappa shape index (κ3) is 5.93. The Kier molecular flexibility index (Phi) is 8.10. The van der Waals surface area contributed by atoms with Crippen LogP contribution >= 0.6 is 15.9 Å². The first-order valence-corrected chi connectivity index (χ1v) is 7.58. The zero-order chi connectivity index (χ0) is 14.1. The average Bonchev–Trinajstić information content (AvgIpc) is 2.44. The fourth-order valence-corrected chi connectivity index (χ4v) is 2.43. The molecule has 0 saturated carbocycles. The zero-order valence-electron chi connectivity index (χ0n) is 12.0. The van der Waals surface area contributed by atoms with Crippen molar-refractivity contribution in [1.29, 1.82) is 0 Å². The summed E-state index contributed by atoms with van der Waals surface area (Å²) in [6.07, 6.45) is 3.18. The molecule has 0 aromatic heterocycles. The van der Waals surface area contributed by atoms with Gasteiger partial charge in [-0.05, 0) is 57.0 Å². The molecule has 0 heterocycles. The van der Waals surface area contributed by atoms with Crippen LogP contribution in [0.25, 0.3) is 0 Å². The van der Waals surface area contributed by atoms with E-state index in [4.69, 9.17) is 9.47 Å². The average molecular weight is 330 g/mol. The third-order valence-corrected chi connectivity index (χ3v) is 3.95. The van der Waals surface area contributed by atoms with Crippen molar-refractivity contribution in [3.05, 3.63) is 28.2 Å². The quantitative estimate of drug-likeness (QED) is 0.704. The Morgan fingerprint density at radius 3 is 2.79 bits per heavy atom. The second-order valence-corrected chi connectivity index (χ2v) is 5.34. The molecule has 0 saturated heterocycles. The minimum Gasteiger partial charge on any atom is -0.497 e. The van der Waals surface area contributed by atoms with E-state index >= 15 is 0 Å². The van der Waals surface area contributed by atoms with E-state index in [2.05, 4.69) is 27.3 Å². The minimum atomic E-state index is 0.462. The molecule has 1 aromatic rings. The van der Waals surface area contributed by atoms with Crippen LogP contribution in [0.15, 0.2) is 22.7 Å². The van der Waals surface area contributed by atoms with Crippen LogP contribution in [-0.2, 0) is 11.2 Å². The molecule has 3 nitrogen and oxygen atoms in total. The van der Waals surface area contributed by atoms with Gasteiger partial charge >= 0.3 is 0 Å². The van der Waals surface area contributed by atoms with Crippen molar-refractivity contribution >= 4 is 15.9 Å². The first-order chi connectivity index (χ1) is 9.21. The van der Waals surface area contributed by atoms with Crippen molar-refractivity contribution in [2.75, 3.05) is 27.4 Å². The van der Waals surface area contributed by atoms with E-state index in [-0.39, 0.29) is 0 Å². The summed E-state index contributed by atoms with van der Waals surface area (Å²) in [4.78, 5) is 0. The van der Waals surface area contributed by atoms with Crippen molar-refractivity contribution in [1.82, 2.24) is 5.32 Å². The molecule has 0 fully saturated rings. The predicted octanol–water partition coefficient (Wildman–Crippen LogP) is 3.40. The molecule has 1 rings (SSSR count). The van der Waals surface area contributed by atoms with Crippen LogP contribution in [0.1, 0.15) is 25.3 Å². The molecular formula is C15H24BrNO2. The van der Waals surface area contributed by atoms with Crippen LogP contribution in [0.2, 0.25) is 0 Å². The molecule has 0 amide bonds. The SMILES string of the molecule is CCOCCCC(Cc1cc(OC)ccc1Br)NC. The highest BCUT2D eigenvalue weighted by Crippen LogP contribution is 2.24. The Labute approximate surface area is 124 Å². The Morgan fingerprint density at radius 2 is 2.16 bits per heavy atom. The smallest absolute Gasteiger partial charge is 0.119 e. The normalized spacial score (nSPS) is 12.4. The number of rotatable bonds is 9. The zero-order valence-corrected chi connectivity index (χ0v) is 13.6. The Balaban J connectivity index is 2.54. The molecule has 0 spiro atoms. The molecule has 108 valence electrons. The van der Waals surface area contributed by atoms with Gasteiger partial charge in [-0.3, -0.25) is 0 Å². The van der Waals surface area contributed by atoms with Gasteiger partial charge < -0.3 is 14.8 Å². The van der Waals surface area contributed by atoms with Crippen molar-refractivity contribution in [2.45, 2.75) is 32.2 Å². The molecule has 0 radical (unpaired) electrons. The summed E-state index contributed by atoms with van der Waals surface area (Å²) in [7, 11) is 3.71. The summed E-state index contributed by atoms with van der Waals surface area (Å²) in [5.74, 6) is 0.905. The van der Waals surface area contributed by atoms with Gasteiger partial charge in [-0.25, -0.2) is 0 Å². The van der Waals surface area contributed by atoms with E-state index < -0.39 is 0 Å². The largest absolute Gasteiger partial charge is 0.497 e. The Hall–Kier alpha value is -0.580. The van der Waals surface area contributed by atoms with Crippen LogP contribution in [0, 0.1) is 0 Å². The fraction of sp³-hybridized carbons (Fsp3) is 0.600. The van der Waals surface area contributed by atoms with E-state index in [1.807, 2.05) is 26.1 Å². The highest BCUT2D eigenvalue weighted by Gasteiger charge is 2.10. The maximum atomic E-state index is 5.38. The van der Waals surface area contributed by atoms with Crippen molar-refractivity contribution in [3.63, 3.8) is 0 Å². The molecule has 0 aliphatic carbocycles. The van der Waals surface area contributed by atoms with Crippen LogP contribution in [-0.4, -0.2) is 33.4 Å². The first-order valence-electron chi connectivity index (χ1n) is 6.78. The molecule has 1 atom stereocenters. The fourth-order valence-electron chi connectivity index (χ4n) is 2.02. The Morgan fingerprint density at radius 1 is 1.37 bits per heavy atom. The van der Waals surface area contributed by atoms with Crippen molar-refractivity contribution in [3.8, 4) is 5.75 Å². The van der Waals surface area contributed by atoms with Gasteiger partial charge in [-0.15, -0.1) is 0 Å². The number of benzene rings is 1. The number of ether oxygens (including phenoxy) is 2. The molecule has 1 N–H and O–H groups in total. The van der Waals surface area contributed by atoms with Crippen molar-refractivity contribution in [2.24, 2.45) is 0 Å². The van der Waals surface area contributed by atoms with Crippen molar-refractivity contribution < 1.29 is 9.47 Å². The maximum Gasteiger partial charge on any atom is 0.119 e. The van der Waals surface area contributed by atoms with Crippen LogP contribution in [0.4, 0.5) is 0 Å². The lowest BCUT2D eigenvalue weighted by atomic mass is 10.0. The van der Waals surface area contributed by atoms with Gasteiger partial charge in [0.2, 0.25) is 0 Å². The lowest BCUT2D eigenvalue weighted by Crippen LogP contribution is -2.28. The molecule has 0 bridgehead atoms. The Bertz CT molecular complexity index is 371. The van der Waals surface area contributed by atoms with Gasteiger partial charge in [0.25, 0.3) is 0 Å². The molecule has 0 aliphatic rings. The van der Waals surface area contributed by atoms with E-state index in [9.17, 15) is 0 Å². The molecule has 0 aliphatic heterocycles. The lowest BCUT2D eigenvalue weighted by Gasteiger charge is -2.17. The number of hydrogen-bond acceptors (Lipinski definition) is 3. The monoisotopic (exact) mass is 329 g/mol. The molecular weight excluding hydrogens is 306 g/mol. The molecule has 19 heavy (non-hydrogen) atoms. The van der Waals surface area contributed by atoms with Gasteiger partial charge in [-0.1, -0.05) is 15.9 Å². The second-order valence-electron chi connectivity index (χ2n) is 4.49. The highest BCUT2D eigenvalue weighted by atomic mass is 79.9. The predicted molar refractivity (Wildman–Crippen MR) is 83.0 cm³/mol. The number of methoxy groups -OCH3 is 1. The highest BCUT2D eigenvalue weighted by molar-refractivity contribution is 9.10. The number of nitrogens with one attached hydrogen (secondary N) is 1. The summed E-state index contributed by atoms with van der Waals surface area (Å²) in [5.41, 5.74) is 1.27. The number of hydrogen-bond donors (Lipinski definition) is 1. The molecule has 1 unspecified atom stereocenters. The van der Waals surface area contributed by atoms with Gasteiger partial charge in [0.1, 0.15) is 5.75 Å².